The molecule has 0 fully saturated rings. The Morgan fingerprint density at radius 2 is 1.30 bits per heavy atom. The summed E-state index contributed by atoms with van der Waals surface area (Å²) >= 11 is 0. The smallest absolute Gasteiger partial charge is 0.231 e. The van der Waals surface area contributed by atoms with E-state index in [0.717, 1.165) is 24.1 Å². The summed E-state index contributed by atoms with van der Waals surface area (Å²) in [6.45, 7) is 0.992. The van der Waals surface area contributed by atoms with Crippen molar-refractivity contribution in [2.45, 2.75) is 18.9 Å². The summed E-state index contributed by atoms with van der Waals surface area (Å²) in [5.74, 6) is 1.39. The topological polar surface area (TPSA) is 54.0 Å². The van der Waals surface area contributed by atoms with E-state index in [1.165, 1.54) is 26.3 Å². The first-order chi connectivity index (χ1) is 26.1. The standard InChI is InChI=1S/C22H25FNO5.B27.HI/c1-24(2)8-7-13-9-19-21(29-12-28-19)22(27-4)20(13)17(24)11-18(25)15-6-5-14(26-3)10-16(15)23;1-15-22(14)26(23(16(2)3)17(4)5)27(24(18(6)7)19(8)9)25(20(10)11)21(12)13;/h5-6,9-10,17H,7-8,11-12H2,1-4H3;;1H/q+1;;/p-1. The van der Waals surface area contributed by atoms with Crippen LogP contribution in [0.15, 0.2) is 24.3 Å². The molecule has 29 radical (unpaired) electrons. The zero-order valence-corrected chi connectivity index (χ0v) is 35.2. The zero-order valence-electron chi connectivity index (χ0n) is 33.0. The molecule has 2 aromatic carbocycles. The van der Waals surface area contributed by atoms with Gasteiger partial charge in [-0.05, 0) is 23.8 Å². The molecule has 0 N–H and O–H groups in total. The van der Waals surface area contributed by atoms with Gasteiger partial charge in [-0.1, -0.05) is 0 Å². The van der Waals surface area contributed by atoms with Crippen LogP contribution in [-0.2, 0) is 6.42 Å². The van der Waals surface area contributed by atoms with Gasteiger partial charge >= 0.3 is 0 Å². The van der Waals surface area contributed by atoms with Crippen LogP contribution in [0.3, 0.4) is 0 Å². The SMILES string of the molecule is COc1ccc(C(=O)CC2c3c(cc4c(c3OC)OCO4)CC[N+]2(C)C)c(F)c1.[B][B]B([B])B(B(B([B])[B])B([B])[B])B(B(B([B])[B])B([B])[B])B(B([B])[B])B([B])[B].[I-]. The Kier molecular flexibility index (Phi) is 21.5. The predicted octanol–water partition coefficient (Wildman–Crippen LogP) is -9.76. The Bertz CT molecular complexity index is 1570. The fourth-order valence-electron chi connectivity index (χ4n) is 8.23. The molecule has 6 nitrogen and oxygen atoms in total. The number of carbonyl (C=O) groups is 1. The number of hydrogen-bond acceptors (Lipinski definition) is 5. The van der Waals surface area contributed by atoms with E-state index in [2.05, 4.69) is 14.1 Å². The van der Waals surface area contributed by atoms with Crippen molar-refractivity contribution in [3.63, 3.8) is 0 Å². The second kappa shape index (κ2) is 23.2. The normalized spacial score (nSPS) is 14.0. The maximum Gasteiger partial charge on any atom is 0.231 e. The number of benzene rings is 2. The van der Waals surface area contributed by atoms with Crippen molar-refractivity contribution < 1.29 is 56.6 Å². The van der Waals surface area contributed by atoms with Gasteiger partial charge < -0.3 is 47.4 Å². The Hall–Kier alpha value is -0.317. The van der Waals surface area contributed by atoms with Crippen LogP contribution in [0.2, 0.25) is 0 Å². The molecule has 0 bridgehead atoms. The van der Waals surface area contributed by atoms with Crippen molar-refractivity contribution in [3.05, 3.63) is 46.8 Å². The first-order valence-corrected chi connectivity index (χ1v) is 18.2. The number of methoxy groups -OCH3 is 2. The highest BCUT2D eigenvalue weighted by Gasteiger charge is 2.50. The lowest BCUT2D eigenvalue weighted by atomic mass is 8.33. The quantitative estimate of drug-likeness (QED) is 0.0689. The Balaban J connectivity index is 0.000000389. The second-order valence-corrected chi connectivity index (χ2v) is 15.1. The first kappa shape index (κ1) is 52.8. The molecule has 0 amide bonds. The lowest BCUT2D eigenvalue weighted by Crippen LogP contribution is -3.00. The van der Waals surface area contributed by atoms with Gasteiger partial charge in [-0.25, -0.2) is 4.39 Å². The van der Waals surface area contributed by atoms with E-state index >= 15 is 0 Å². The third-order valence-electron chi connectivity index (χ3n) is 11.0. The largest absolute Gasteiger partial charge is 1.00 e. The minimum absolute atomic E-state index is 0. The summed E-state index contributed by atoms with van der Waals surface area (Å²) in [6, 6.07) is 6.10. The van der Waals surface area contributed by atoms with Gasteiger partial charge in [0.1, 0.15) is 17.6 Å². The number of fused-ring (bicyclic) bond motifs is 2. The minimum Gasteiger partial charge on any atom is -1.00 e. The van der Waals surface area contributed by atoms with Crippen LogP contribution in [0.1, 0.15) is 33.9 Å². The summed E-state index contributed by atoms with van der Waals surface area (Å²) < 4.78 is 37.0. The summed E-state index contributed by atoms with van der Waals surface area (Å²) in [4.78, 5) is 13.1. The van der Waals surface area contributed by atoms with Crippen LogP contribution < -0.4 is 42.9 Å². The molecule has 0 saturated carbocycles. The molecular formula is C22H25B27FINO5. The van der Waals surface area contributed by atoms with Crippen LogP contribution >= 0.6 is 0 Å². The second-order valence-electron chi connectivity index (χ2n) is 15.1. The lowest BCUT2D eigenvalue weighted by molar-refractivity contribution is -0.922. The number of ether oxygens (including phenoxy) is 4. The highest BCUT2D eigenvalue weighted by Crippen LogP contribution is 2.51. The van der Waals surface area contributed by atoms with E-state index in [4.69, 9.17) is 127 Å². The molecule has 2 aromatic rings. The van der Waals surface area contributed by atoms with Crippen molar-refractivity contribution in [2.24, 2.45) is 0 Å². The van der Waals surface area contributed by atoms with Crippen LogP contribution in [-0.4, -0.2) is 244 Å². The molecule has 1 atom stereocenters. The molecule has 35 heteroatoms. The molecule has 243 valence electrons. The number of carbonyl (C=O) groups excluding carboxylic acids is 1. The van der Waals surface area contributed by atoms with Gasteiger partial charge in [-0.3, -0.25) is 4.79 Å². The molecule has 1 unspecified atom stereocenters. The van der Waals surface area contributed by atoms with E-state index in [1.54, 1.807) is 13.2 Å². The first-order valence-electron chi connectivity index (χ1n) is 18.2. The molecule has 0 spiro atoms. The lowest BCUT2D eigenvalue weighted by Gasteiger charge is -2.48. The number of hydrogen-bond donors (Lipinski definition) is 0. The fraction of sp³-hybridized carbons (Fsp3) is 0.409. The van der Waals surface area contributed by atoms with Gasteiger partial charge in [0.15, 0.2) is 17.3 Å². The molecule has 57 heavy (non-hydrogen) atoms. The van der Waals surface area contributed by atoms with Gasteiger partial charge in [0.25, 0.3) is 0 Å². The van der Waals surface area contributed by atoms with E-state index in [0.29, 0.717) is 27.5 Å². The molecule has 0 saturated heterocycles. The average molecular weight is 821 g/mol. The van der Waals surface area contributed by atoms with Crippen molar-refractivity contribution in [1.82, 2.24) is 0 Å². The number of likely N-dealkylation sites (N-methyl/N-ethyl adjacent to an activating group) is 1. The number of Topliss-reactive ketones (excluding diaryl/α,β-unsaturated/α-hetero) is 1. The summed E-state index contributed by atoms with van der Waals surface area (Å²) in [6.07, 6.45) is -9.55. The van der Waals surface area contributed by atoms with Crippen molar-refractivity contribution in [1.29, 1.82) is 0 Å². The summed E-state index contributed by atoms with van der Waals surface area (Å²) in [5, 5.41) is 0. The van der Waals surface area contributed by atoms with E-state index in [9.17, 15) is 9.18 Å². The zero-order chi connectivity index (χ0) is 42.4. The molecular weight excluding hydrogens is 796 g/mol. The average Bonchev–Trinajstić information content (AvgIpc) is 3.57. The van der Waals surface area contributed by atoms with Crippen LogP contribution in [0.5, 0.6) is 23.0 Å². The molecule has 2 heterocycles. The van der Waals surface area contributed by atoms with E-state index < -0.39 is 82.4 Å². The number of quaternary nitrogens is 1. The molecule has 0 aromatic heterocycles. The number of nitrogens with zero attached hydrogens (tertiary/aromatic N) is 1. The maximum absolute atomic E-state index is 14.5. The van der Waals surface area contributed by atoms with E-state index in [-0.39, 0.29) is 54.6 Å². The monoisotopic (exact) mass is 826 g/mol. The highest BCUT2D eigenvalue weighted by atomic mass is 127. The Morgan fingerprint density at radius 3 is 1.74 bits per heavy atom. The summed E-state index contributed by atoms with van der Waals surface area (Å²) in [5.41, 5.74) is 2.09. The summed E-state index contributed by atoms with van der Waals surface area (Å²) in [7, 11) is 91.7. The fourth-order valence-corrected chi connectivity index (χ4v) is 8.23. The van der Waals surface area contributed by atoms with Crippen LogP contribution in [0.25, 0.3) is 0 Å². The molecule has 0 aliphatic carbocycles. The van der Waals surface area contributed by atoms with E-state index in [1.807, 2.05) is 6.07 Å². The third-order valence-corrected chi connectivity index (χ3v) is 11.0. The molecule has 2 aliphatic rings. The van der Waals surface area contributed by atoms with Gasteiger partial charge in [0, 0.05) is 204 Å². The minimum atomic E-state index is -0.994. The molecule has 2 aliphatic heterocycles. The van der Waals surface area contributed by atoms with Gasteiger partial charge in [0.05, 0.1) is 52.4 Å². The highest BCUT2D eigenvalue weighted by molar-refractivity contribution is 8.25. The van der Waals surface area contributed by atoms with Crippen molar-refractivity contribution in [3.8, 4) is 23.0 Å². The number of rotatable bonds is 17. The Labute approximate surface area is 382 Å². The van der Waals surface area contributed by atoms with Crippen LogP contribution in [0.4, 0.5) is 4.39 Å². The van der Waals surface area contributed by atoms with Crippen molar-refractivity contribution >= 4 is 198 Å². The Morgan fingerprint density at radius 1 is 0.789 bits per heavy atom. The number of halogens is 2. The van der Waals surface area contributed by atoms with Crippen molar-refractivity contribution in [2.75, 3.05) is 41.7 Å². The number of ketones is 1. The van der Waals surface area contributed by atoms with Crippen LogP contribution in [0, 0.1) is 5.82 Å². The molecule has 4 rings (SSSR count). The van der Waals surface area contributed by atoms with Gasteiger partial charge in [-0.15, -0.1) is 0 Å². The van der Waals surface area contributed by atoms with Gasteiger partial charge in [-0.2, -0.15) is 0 Å². The van der Waals surface area contributed by atoms with Gasteiger partial charge in [0.2, 0.25) is 12.5 Å². The maximum atomic E-state index is 14.5. The predicted molar refractivity (Wildman–Crippen MR) is 260 cm³/mol. The third kappa shape index (κ3) is 12.6.